The number of nitriles is 1. The van der Waals surface area contributed by atoms with Crippen LogP contribution in [0.2, 0.25) is 5.02 Å². The lowest BCUT2D eigenvalue weighted by Crippen LogP contribution is -2.13. The highest BCUT2D eigenvalue weighted by atomic mass is 35.5. The molecule has 170 valence electrons. The van der Waals surface area contributed by atoms with Crippen molar-refractivity contribution < 1.29 is 23.5 Å². The Hall–Kier alpha value is -3.96. The molecule has 1 N–H and O–H groups in total. The van der Waals surface area contributed by atoms with Crippen LogP contribution in [0.25, 0.3) is 6.08 Å². The fourth-order valence-electron chi connectivity index (χ4n) is 2.80. The van der Waals surface area contributed by atoms with E-state index in [4.69, 9.17) is 30.3 Å². The number of rotatable bonds is 10. The van der Waals surface area contributed by atoms with E-state index in [0.717, 1.165) is 0 Å². The lowest BCUT2D eigenvalue weighted by Gasteiger charge is -2.12. The first-order valence-electron chi connectivity index (χ1n) is 10.0. The SMILES string of the molecule is COc1cc(/C=C(/C#N)C(=O)Nc2cc(C)on2)ccc1OCCCOc1ccccc1Cl. The van der Waals surface area contributed by atoms with Crippen molar-refractivity contribution in [3.05, 3.63) is 70.5 Å². The predicted molar refractivity (Wildman–Crippen MR) is 124 cm³/mol. The summed E-state index contributed by atoms with van der Waals surface area (Å²) in [6.07, 6.45) is 2.09. The molecule has 0 aliphatic rings. The number of benzene rings is 2. The highest BCUT2D eigenvalue weighted by Gasteiger charge is 2.13. The molecule has 3 rings (SSSR count). The van der Waals surface area contributed by atoms with Crippen LogP contribution in [0, 0.1) is 18.3 Å². The van der Waals surface area contributed by atoms with Gasteiger partial charge in [-0.05, 0) is 42.8 Å². The van der Waals surface area contributed by atoms with Gasteiger partial charge in [0.05, 0.1) is 25.3 Å². The third-order valence-electron chi connectivity index (χ3n) is 4.37. The lowest BCUT2D eigenvalue weighted by molar-refractivity contribution is -0.112. The maximum absolute atomic E-state index is 12.3. The average Bonchev–Trinajstić information content (AvgIpc) is 3.23. The second kappa shape index (κ2) is 11.6. The van der Waals surface area contributed by atoms with Crippen LogP contribution in [0.4, 0.5) is 5.82 Å². The van der Waals surface area contributed by atoms with Crippen molar-refractivity contribution >= 4 is 29.4 Å². The van der Waals surface area contributed by atoms with Gasteiger partial charge in [-0.15, -0.1) is 0 Å². The molecule has 0 saturated carbocycles. The summed E-state index contributed by atoms with van der Waals surface area (Å²) in [5.41, 5.74) is 0.507. The zero-order valence-corrected chi connectivity index (χ0v) is 18.9. The van der Waals surface area contributed by atoms with Crippen molar-refractivity contribution in [2.24, 2.45) is 0 Å². The number of hydrogen-bond acceptors (Lipinski definition) is 7. The molecule has 0 saturated heterocycles. The summed E-state index contributed by atoms with van der Waals surface area (Å²) >= 11 is 6.06. The van der Waals surface area contributed by atoms with Gasteiger partial charge in [-0.2, -0.15) is 5.26 Å². The van der Waals surface area contributed by atoms with Gasteiger partial charge in [-0.25, -0.2) is 0 Å². The minimum atomic E-state index is -0.594. The first-order chi connectivity index (χ1) is 16.0. The van der Waals surface area contributed by atoms with Crippen molar-refractivity contribution in [1.82, 2.24) is 5.16 Å². The average molecular weight is 468 g/mol. The van der Waals surface area contributed by atoms with Gasteiger partial charge in [0.15, 0.2) is 17.3 Å². The molecule has 1 aromatic heterocycles. The van der Waals surface area contributed by atoms with Crippen LogP contribution in [0.3, 0.4) is 0 Å². The quantitative estimate of drug-likeness (QED) is 0.253. The molecule has 0 spiro atoms. The number of amides is 1. The molecule has 1 amide bonds. The summed E-state index contributed by atoms with van der Waals surface area (Å²) in [6.45, 7) is 2.54. The molecule has 3 aromatic rings. The number of nitrogens with zero attached hydrogens (tertiary/aromatic N) is 2. The zero-order valence-electron chi connectivity index (χ0n) is 18.1. The Bertz CT molecular complexity index is 1180. The number of nitrogens with one attached hydrogen (secondary N) is 1. The first kappa shape index (κ1) is 23.7. The maximum Gasteiger partial charge on any atom is 0.267 e. The number of ether oxygens (including phenoxy) is 3. The zero-order chi connectivity index (χ0) is 23.6. The Morgan fingerprint density at radius 2 is 1.91 bits per heavy atom. The van der Waals surface area contributed by atoms with Crippen molar-refractivity contribution in [2.75, 3.05) is 25.6 Å². The predicted octanol–water partition coefficient (Wildman–Crippen LogP) is 5.04. The number of methoxy groups -OCH3 is 1. The topological polar surface area (TPSA) is 107 Å². The van der Waals surface area contributed by atoms with E-state index in [1.54, 1.807) is 43.3 Å². The summed E-state index contributed by atoms with van der Waals surface area (Å²) < 4.78 is 21.7. The molecule has 0 atom stereocenters. The van der Waals surface area contributed by atoms with Gasteiger partial charge in [0.25, 0.3) is 5.91 Å². The molecule has 0 aliphatic carbocycles. The molecule has 0 bridgehead atoms. The summed E-state index contributed by atoms with van der Waals surface area (Å²) in [5, 5.41) is 16.2. The van der Waals surface area contributed by atoms with Gasteiger partial charge >= 0.3 is 0 Å². The molecule has 0 unspecified atom stereocenters. The van der Waals surface area contributed by atoms with E-state index in [2.05, 4.69) is 10.5 Å². The Morgan fingerprint density at radius 3 is 2.58 bits per heavy atom. The third kappa shape index (κ3) is 6.76. The molecule has 0 radical (unpaired) electrons. The number of carbonyl (C=O) groups is 1. The smallest absolute Gasteiger partial charge is 0.267 e. The molecule has 1 heterocycles. The van der Waals surface area contributed by atoms with Gasteiger partial charge in [0, 0.05) is 12.5 Å². The van der Waals surface area contributed by atoms with Crippen LogP contribution in [-0.4, -0.2) is 31.4 Å². The molecule has 2 aromatic carbocycles. The molecule has 8 nitrogen and oxygen atoms in total. The molecular weight excluding hydrogens is 446 g/mol. The Labute approximate surface area is 196 Å². The highest BCUT2D eigenvalue weighted by molar-refractivity contribution is 6.32. The first-order valence-corrected chi connectivity index (χ1v) is 10.4. The minimum Gasteiger partial charge on any atom is -0.493 e. The second-order valence-corrected chi connectivity index (χ2v) is 7.25. The van der Waals surface area contributed by atoms with Crippen molar-refractivity contribution in [1.29, 1.82) is 5.26 Å². The van der Waals surface area contributed by atoms with Gasteiger partial charge in [0.1, 0.15) is 23.2 Å². The van der Waals surface area contributed by atoms with Crippen LogP contribution < -0.4 is 19.5 Å². The van der Waals surface area contributed by atoms with E-state index in [-0.39, 0.29) is 11.4 Å². The summed E-state index contributed by atoms with van der Waals surface area (Å²) in [7, 11) is 1.51. The Morgan fingerprint density at radius 1 is 1.15 bits per heavy atom. The van der Waals surface area contributed by atoms with Gasteiger partial charge < -0.3 is 24.1 Å². The number of aromatic nitrogens is 1. The number of para-hydroxylation sites is 1. The van der Waals surface area contributed by atoms with E-state index in [9.17, 15) is 10.1 Å². The standard InChI is InChI=1S/C24H22ClN3O5/c1-16-12-23(28-33-16)27-24(29)18(15-26)13-17-8-9-21(22(14-17)30-2)32-11-5-10-31-20-7-4-3-6-19(20)25/h3-4,6-9,12-14H,5,10-11H2,1-2H3,(H,27,28,29)/b18-13-. The van der Waals surface area contributed by atoms with Crippen LogP contribution in [-0.2, 0) is 4.79 Å². The van der Waals surface area contributed by atoms with Crippen LogP contribution in [0.1, 0.15) is 17.7 Å². The third-order valence-corrected chi connectivity index (χ3v) is 4.69. The summed E-state index contributed by atoms with van der Waals surface area (Å²) in [6, 6.07) is 15.8. The Balaban J connectivity index is 1.58. The largest absolute Gasteiger partial charge is 0.493 e. The van der Waals surface area contributed by atoms with Crippen molar-refractivity contribution in [2.45, 2.75) is 13.3 Å². The van der Waals surface area contributed by atoms with Crippen LogP contribution >= 0.6 is 11.6 Å². The fraction of sp³-hybridized carbons (Fsp3) is 0.208. The van der Waals surface area contributed by atoms with Crippen LogP contribution in [0.15, 0.2) is 58.6 Å². The number of anilines is 1. The minimum absolute atomic E-state index is 0.0944. The van der Waals surface area contributed by atoms with Crippen molar-refractivity contribution in [3.8, 4) is 23.3 Å². The van der Waals surface area contributed by atoms with E-state index in [0.29, 0.717) is 53.2 Å². The number of carbonyl (C=O) groups excluding carboxylic acids is 1. The fourth-order valence-corrected chi connectivity index (χ4v) is 2.99. The molecule has 9 heteroatoms. The summed E-state index contributed by atoms with van der Waals surface area (Å²) in [4.78, 5) is 12.3. The second-order valence-electron chi connectivity index (χ2n) is 6.84. The molecule has 0 aliphatic heterocycles. The molecule has 0 fully saturated rings. The number of halogens is 1. The van der Waals surface area contributed by atoms with Gasteiger partial charge in [-0.1, -0.05) is 35.0 Å². The summed E-state index contributed by atoms with van der Waals surface area (Å²) in [5.74, 6) is 1.82. The number of hydrogen-bond donors (Lipinski definition) is 1. The van der Waals surface area contributed by atoms with E-state index in [1.165, 1.54) is 13.2 Å². The normalized spacial score (nSPS) is 10.9. The molecular formula is C24H22ClN3O5. The Kier molecular flexibility index (Phi) is 8.33. The van der Waals surface area contributed by atoms with E-state index in [1.807, 2.05) is 18.2 Å². The van der Waals surface area contributed by atoms with Crippen molar-refractivity contribution in [3.63, 3.8) is 0 Å². The molecule has 33 heavy (non-hydrogen) atoms. The highest BCUT2D eigenvalue weighted by Crippen LogP contribution is 2.29. The number of aryl methyl sites for hydroxylation is 1. The van der Waals surface area contributed by atoms with Crippen LogP contribution in [0.5, 0.6) is 17.2 Å². The van der Waals surface area contributed by atoms with Gasteiger partial charge in [-0.3, -0.25) is 4.79 Å². The van der Waals surface area contributed by atoms with Gasteiger partial charge in [0.2, 0.25) is 0 Å². The van der Waals surface area contributed by atoms with E-state index >= 15 is 0 Å². The monoisotopic (exact) mass is 467 g/mol. The lowest BCUT2D eigenvalue weighted by atomic mass is 10.1. The maximum atomic E-state index is 12.3. The van der Waals surface area contributed by atoms with E-state index < -0.39 is 5.91 Å².